The van der Waals surface area contributed by atoms with Gasteiger partial charge in [0, 0.05) is 27.5 Å². The van der Waals surface area contributed by atoms with Gasteiger partial charge in [-0.2, -0.15) is 0 Å². The largest absolute Gasteiger partial charge is 0.505 e. The van der Waals surface area contributed by atoms with Crippen molar-refractivity contribution in [1.82, 2.24) is 9.88 Å². The summed E-state index contributed by atoms with van der Waals surface area (Å²) in [6.45, 7) is 0.760. The number of aromatic hydroxyl groups is 1. The molecule has 1 aliphatic heterocycles. The molecule has 0 spiro atoms. The van der Waals surface area contributed by atoms with Crippen molar-refractivity contribution in [3.63, 3.8) is 0 Å². The number of ether oxygens (including phenoxy) is 3. The van der Waals surface area contributed by atoms with Gasteiger partial charge in [-0.15, -0.1) is 0 Å². The first-order valence-electron chi connectivity index (χ1n) is 6.64. The number of likely N-dealkylation sites (N-methyl/N-ethyl adjacent to an activating group) is 1. The standard InChI is InChI=1S/C14H20N2O5/c1-16(14(18)12-10(17)5-4-6-15-12)9-7-21-8-11(19-2)13(9)20-3/h4-6,9,11,13,17H,7-8H2,1-3H3/t9-,11-,13+/m1/s1. The second-order valence-electron chi connectivity index (χ2n) is 4.87. The molecule has 0 unspecified atom stereocenters. The van der Waals surface area contributed by atoms with Crippen LogP contribution in [0, 0.1) is 0 Å². The Labute approximate surface area is 123 Å². The minimum atomic E-state index is -0.388. The number of rotatable bonds is 4. The predicted molar refractivity (Wildman–Crippen MR) is 74.2 cm³/mol. The van der Waals surface area contributed by atoms with Crippen molar-refractivity contribution in [2.24, 2.45) is 0 Å². The van der Waals surface area contributed by atoms with E-state index in [0.717, 1.165) is 0 Å². The van der Waals surface area contributed by atoms with Gasteiger partial charge in [-0.25, -0.2) is 4.98 Å². The van der Waals surface area contributed by atoms with E-state index in [0.29, 0.717) is 13.2 Å². The van der Waals surface area contributed by atoms with Crippen LogP contribution in [-0.2, 0) is 14.2 Å². The fraction of sp³-hybridized carbons (Fsp3) is 0.571. The molecule has 3 atom stereocenters. The van der Waals surface area contributed by atoms with Gasteiger partial charge < -0.3 is 24.2 Å². The predicted octanol–water partition coefficient (Wildman–Crippen LogP) is 0.288. The van der Waals surface area contributed by atoms with Crippen molar-refractivity contribution in [2.45, 2.75) is 18.2 Å². The van der Waals surface area contributed by atoms with Crippen LogP contribution < -0.4 is 0 Å². The lowest BCUT2D eigenvalue weighted by Gasteiger charge is -2.40. The highest BCUT2D eigenvalue weighted by Gasteiger charge is 2.39. The van der Waals surface area contributed by atoms with E-state index in [-0.39, 0.29) is 35.6 Å². The molecule has 1 N–H and O–H groups in total. The van der Waals surface area contributed by atoms with E-state index >= 15 is 0 Å². The quantitative estimate of drug-likeness (QED) is 0.860. The summed E-state index contributed by atoms with van der Waals surface area (Å²) in [6.07, 6.45) is 0.911. The fourth-order valence-corrected chi connectivity index (χ4v) is 2.46. The minimum absolute atomic E-state index is 0.00870. The molecule has 1 aliphatic rings. The van der Waals surface area contributed by atoms with Gasteiger partial charge in [0.2, 0.25) is 0 Å². The lowest BCUT2D eigenvalue weighted by molar-refractivity contribution is -0.147. The van der Waals surface area contributed by atoms with Gasteiger partial charge in [-0.05, 0) is 12.1 Å². The Morgan fingerprint density at radius 1 is 1.43 bits per heavy atom. The average molecular weight is 296 g/mol. The normalized spacial score (nSPS) is 25.6. The van der Waals surface area contributed by atoms with Crippen LogP contribution >= 0.6 is 0 Å². The second-order valence-corrected chi connectivity index (χ2v) is 4.87. The molecule has 1 amide bonds. The fourth-order valence-electron chi connectivity index (χ4n) is 2.46. The third kappa shape index (κ3) is 3.15. The average Bonchev–Trinajstić information content (AvgIpc) is 2.53. The molecule has 7 nitrogen and oxygen atoms in total. The molecule has 1 aromatic heterocycles. The molecule has 1 saturated heterocycles. The number of nitrogens with zero attached hydrogens (tertiary/aromatic N) is 2. The van der Waals surface area contributed by atoms with Crippen molar-refractivity contribution in [3.05, 3.63) is 24.0 Å². The summed E-state index contributed by atoms with van der Waals surface area (Å²) in [5.74, 6) is -0.538. The molecule has 2 rings (SSSR count). The van der Waals surface area contributed by atoms with Crippen LogP contribution in [-0.4, -0.2) is 73.6 Å². The summed E-state index contributed by atoms with van der Waals surface area (Å²) in [4.78, 5) is 17.9. The third-order valence-electron chi connectivity index (χ3n) is 3.70. The summed E-state index contributed by atoms with van der Waals surface area (Å²) < 4.78 is 16.3. The Hall–Kier alpha value is -1.70. The van der Waals surface area contributed by atoms with Gasteiger partial charge in [0.05, 0.1) is 19.3 Å². The molecule has 0 aromatic carbocycles. The number of carbonyl (C=O) groups is 1. The van der Waals surface area contributed by atoms with E-state index in [1.165, 1.54) is 17.2 Å². The van der Waals surface area contributed by atoms with Gasteiger partial charge in [0.25, 0.3) is 5.91 Å². The maximum Gasteiger partial charge on any atom is 0.276 e. The van der Waals surface area contributed by atoms with E-state index in [1.807, 2.05) is 0 Å². The summed E-state index contributed by atoms with van der Waals surface area (Å²) in [5.41, 5.74) is 0.00870. The van der Waals surface area contributed by atoms with Crippen molar-refractivity contribution < 1.29 is 24.1 Å². The smallest absolute Gasteiger partial charge is 0.276 e. The number of amides is 1. The van der Waals surface area contributed by atoms with E-state index in [1.54, 1.807) is 27.3 Å². The zero-order valence-electron chi connectivity index (χ0n) is 12.4. The molecule has 21 heavy (non-hydrogen) atoms. The van der Waals surface area contributed by atoms with Crippen molar-refractivity contribution >= 4 is 5.91 Å². The molecule has 2 heterocycles. The molecule has 0 bridgehead atoms. The minimum Gasteiger partial charge on any atom is -0.505 e. The summed E-state index contributed by atoms with van der Waals surface area (Å²) in [5, 5.41) is 9.75. The monoisotopic (exact) mass is 296 g/mol. The summed E-state index contributed by atoms with van der Waals surface area (Å²) in [6, 6.07) is 2.67. The molecule has 116 valence electrons. The zero-order valence-corrected chi connectivity index (χ0v) is 12.4. The van der Waals surface area contributed by atoms with Crippen molar-refractivity contribution in [1.29, 1.82) is 0 Å². The number of hydrogen-bond acceptors (Lipinski definition) is 6. The maximum absolute atomic E-state index is 12.5. The Morgan fingerprint density at radius 3 is 2.81 bits per heavy atom. The molecule has 1 aromatic rings. The first-order valence-corrected chi connectivity index (χ1v) is 6.64. The zero-order chi connectivity index (χ0) is 15.4. The van der Waals surface area contributed by atoms with Gasteiger partial charge in [-0.3, -0.25) is 4.79 Å². The lowest BCUT2D eigenvalue weighted by atomic mass is 10.0. The second kappa shape index (κ2) is 6.84. The molecule has 1 fully saturated rings. The number of methoxy groups -OCH3 is 2. The van der Waals surface area contributed by atoms with Crippen LogP contribution in [0.4, 0.5) is 0 Å². The third-order valence-corrected chi connectivity index (χ3v) is 3.70. The van der Waals surface area contributed by atoms with E-state index in [9.17, 15) is 9.90 Å². The van der Waals surface area contributed by atoms with E-state index in [4.69, 9.17) is 14.2 Å². The molecule has 0 radical (unpaired) electrons. The summed E-state index contributed by atoms with van der Waals surface area (Å²) in [7, 11) is 4.79. The first kappa shape index (κ1) is 15.7. The highest BCUT2D eigenvalue weighted by Crippen LogP contribution is 2.22. The topological polar surface area (TPSA) is 81.1 Å². The number of carbonyl (C=O) groups excluding carboxylic acids is 1. The van der Waals surface area contributed by atoms with Gasteiger partial charge >= 0.3 is 0 Å². The SMILES string of the molecule is CO[C@H]1[C@H](N(C)C(=O)c2ncccc2O)COC[C@H]1OC. The maximum atomic E-state index is 12.5. The molecular formula is C14H20N2O5. The Morgan fingerprint density at radius 2 is 2.19 bits per heavy atom. The van der Waals surface area contributed by atoms with Crippen LogP contribution in [0.3, 0.4) is 0 Å². The van der Waals surface area contributed by atoms with E-state index < -0.39 is 0 Å². The number of pyridine rings is 1. The Balaban J connectivity index is 2.19. The molecule has 0 aliphatic carbocycles. The van der Waals surface area contributed by atoms with Gasteiger partial charge in [-0.1, -0.05) is 0 Å². The van der Waals surface area contributed by atoms with Crippen molar-refractivity contribution in [2.75, 3.05) is 34.5 Å². The van der Waals surface area contributed by atoms with Gasteiger partial charge in [0.1, 0.15) is 18.0 Å². The van der Waals surface area contributed by atoms with Gasteiger partial charge in [0.15, 0.2) is 5.69 Å². The highest BCUT2D eigenvalue weighted by atomic mass is 16.6. The highest BCUT2D eigenvalue weighted by molar-refractivity contribution is 5.94. The summed E-state index contributed by atoms with van der Waals surface area (Å²) >= 11 is 0. The van der Waals surface area contributed by atoms with Crippen LogP contribution in [0.15, 0.2) is 18.3 Å². The Kier molecular flexibility index (Phi) is 5.11. The molecule has 7 heteroatoms. The van der Waals surface area contributed by atoms with E-state index in [2.05, 4.69) is 4.98 Å². The van der Waals surface area contributed by atoms with Crippen LogP contribution in [0.2, 0.25) is 0 Å². The van der Waals surface area contributed by atoms with Crippen LogP contribution in [0.25, 0.3) is 0 Å². The van der Waals surface area contributed by atoms with Crippen molar-refractivity contribution in [3.8, 4) is 5.75 Å². The number of aromatic nitrogens is 1. The first-order chi connectivity index (χ1) is 10.1. The molecule has 0 saturated carbocycles. The lowest BCUT2D eigenvalue weighted by Crippen LogP contribution is -2.57. The number of hydrogen-bond donors (Lipinski definition) is 1. The van der Waals surface area contributed by atoms with Crippen LogP contribution in [0.1, 0.15) is 10.5 Å². The molecular weight excluding hydrogens is 276 g/mol. The Bertz CT molecular complexity index is 496. The van der Waals surface area contributed by atoms with Crippen LogP contribution in [0.5, 0.6) is 5.75 Å².